The molecule has 0 aliphatic carbocycles. The average Bonchev–Trinajstić information content (AvgIpc) is 2.67. The molecule has 1 N–H and O–H groups in total. The van der Waals surface area contributed by atoms with E-state index >= 15 is 0 Å². The predicted octanol–water partition coefficient (Wildman–Crippen LogP) is 4.38. The quantitative estimate of drug-likeness (QED) is 0.618. The van der Waals surface area contributed by atoms with E-state index in [4.69, 9.17) is 9.47 Å². The highest BCUT2D eigenvalue weighted by atomic mass is 16.7. The zero-order valence-corrected chi connectivity index (χ0v) is 16.0. The number of nitrogens with zero attached hydrogens (tertiary/aromatic N) is 2. The molecule has 5 heteroatoms. The van der Waals surface area contributed by atoms with Crippen molar-refractivity contribution in [3.05, 3.63) is 53.6 Å². The van der Waals surface area contributed by atoms with Crippen LogP contribution in [0.25, 0.3) is 0 Å². The predicted molar refractivity (Wildman–Crippen MR) is 107 cm³/mol. The lowest BCUT2D eigenvalue weighted by molar-refractivity contribution is -0.0163. The van der Waals surface area contributed by atoms with E-state index in [1.807, 2.05) is 37.5 Å². The van der Waals surface area contributed by atoms with Gasteiger partial charge in [0.15, 0.2) is 6.79 Å². The van der Waals surface area contributed by atoms with Gasteiger partial charge in [-0.15, -0.1) is 0 Å². The van der Waals surface area contributed by atoms with Gasteiger partial charge in [-0.2, -0.15) is 5.10 Å². The molecule has 0 saturated heterocycles. The molecule has 26 heavy (non-hydrogen) atoms. The van der Waals surface area contributed by atoms with Gasteiger partial charge in [-0.05, 0) is 41.7 Å². The average molecular weight is 353 g/mol. The zero-order chi connectivity index (χ0) is 18.6. The molecular formula is C21H27N3O2. The molecule has 0 aromatic heterocycles. The Morgan fingerprint density at radius 2 is 2.04 bits per heavy atom. The van der Waals surface area contributed by atoms with Crippen LogP contribution in [0.5, 0.6) is 5.75 Å². The number of nitrogens with one attached hydrogen (secondary N) is 1. The van der Waals surface area contributed by atoms with Crippen LogP contribution in [0.1, 0.15) is 31.4 Å². The van der Waals surface area contributed by atoms with Crippen molar-refractivity contribution in [1.82, 2.24) is 0 Å². The number of ether oxygens (including phenoxy) is 2. The Labute approximate surface area is 155 Å². The van der Waals surface area contributed by atoms with Crippen molar-refractivity contribution in [2.45, 2.75) is 32.3 Å². The first kappa shape index (κ1) is 18.3. The van der Waals surface area contributed by atoms with Gasteiger partial charge in [-0.3, -0.25) is 5.01 Å². The van der Waals surface area contributed by atoms with Gasteiger partial charge >= 0.3 is 0 Å². The van der Waals surface area contributed by atoms with E-state index in [-0.39, 0.29) is 5.41 Å². The molecule has 0 bridgehead atoms. The van der Waals surface area contributed by atoms with Gasteiger partial charge < -0.3 is 14.8 Å². The first-order chi connectivity index (χ1) is 12.5. The van der Waals surface area contributed by atoms with Gasteiger partial charge in [0.2, 0.25) is 0 Å². The second-order valence-electron chi connectivity index (χ2n) is 7.11. The zero-order valence-electron chi connectivity index (χ0n) is 16.0. The van der Waals surface area contributed by atoms with Gasteiger partial charge in [0.05, 0.1) is 12.3 Å². The van der Waals surface area contributed by atoms with E-state index in [9.17, 15) is 0 Å². The largest absolute Gasteiger partial charge is 0.467 e. The number of rotatable bonds is 6. The number of fused-ring (bicyclic) bond motifs is 1. The standard InChI is InChI=1S/C21H27N3O2/c1-21(2,18-7-5-6-8-19(18)22-3)11-12-23-24(4)17-9-10-20-16(13-17)14-25-15-26-20/h5-10,12-13,22H,11,14-15H2,1-4H3/b23-12+. The maximum Gasteiger partial charge on any atom is 0.189 e. The first-order valence-corrected chi connectivity index (χ1v) is 8.88. The lowest BCUT2D eigenvalue weighted by atomic mass is 9.81. The number of hydrazone groups is 1. The Morgan fingerprint density at radius 1 is 1.23 bits per heavy atom. The molecule has 0 radical (unpaired) electrons. The second kappa shape index (κ2) is 7.79. The topological polar surface area (TPSA) is 46.1 Å². The highest BCUT2D eigenvalue weighted by Gasteiger charge is 2.22. The summed E-state index contributed by atoms with van der Waals surface area (Å²) in [6.07, 6.45) is 2.83. The van der Waals surface area contributed by atoms with Crippen LogP contribution in [-0.2, 0) is 16.8 Å². The summed E-state index contributed by atoms with van der Waals surface area (Å²) in [5.41, 5.74) is 4.51. The summed E-state index contributed by atoms with van der Waals surface area (Å²) in [6.45, 7) is 5.38. The minimum atomic E-state index is -0.0124. The third kappa shape index (κ3) is 3.99. The maximum absolute atomic E-state index is 5.47. The molecule has 0 unspecified atom stereocenters. The van der Waals surface area contributed by atoms with Crippen molar-refractivity contribution in [3.8, 4) is 5.75 Å². The van der Waals surface area contributed by atoms with Crippen LogP contribution in [-0.4, -0.2) is 27.1 Å². The molecule has 3 rings (SSSR count). The Kier molecular flexibility index (Phi) is 5.47. The third-order valence-corrected chi connectivity index (χ3v) is 4.76. The van der Waals surface area contributed by atoms with Gasteiger partial charge in [0, 0.05) is 31.6 Å². The molecule has 2 aromatic carbocycles. The van der Waals surface area contributed by atoms with Crippen LogP contribution in [0.4, 0.5) is 11.4 Å². The Morgan fingerprint density at radius 3 is 2.85 bits per heavy atom. The van der Waals surface area contributed by atoms with Crippen LogP contribution in [0, 0.1) is 0 Å². The fourth-order valence-electron chi connectivity index (χ4n) is 3.14. The fourth-order valence-corrected chi connectivity index (χ4v) is 3.14. The Hall–Kier alpha value is -2.53. The lowest BCUT2D eigenvalue weighted by Crippen LogP contribution is -2.20. The SMILES string of the molecule is CNc1ccccc1C(C)(C)C/C=N/N(C)c1ccc2c(c1)COCO2. The molecule has 0 spiro atoms. The summed E-state index contributed by atoms with van der Waals surface area (Å²) >= 11 is 0. The summed E-state index contributed by atoms with van der Waals surface area (Å²) < 4.78 is 10.8. The van der Waals surface area contributed by atoms with Crippen LogP contribution >= 0.6 is 0 Å². The molecule has 1 aliphatic heterocycles. The highest BCUT2D eigenvalue weighted by molar-refractivity contribution is 5.65. The minimum Gasteiger partial charge on any atom is -0.467 e. The number of hydrogen-bond acceptors (Lipinski definition) is 5. The van der Waals surface area contributed by atoms with Crippen molar-refractivity contribution in [3.63, 3.8) is 0 Å². The molecular weight excluding hydrogens is 326 g/mol. The number of anilines is 2. The van der Waals surface area contributed by atoms with Crippen LogP contribution in [0.15, 0.2) is 47.6 Å². The highest BCUT2D eigenvalue weighted by Crippen LogP contribution is 2.32. The van der Waals surface area contributed by atoms with E-state index < -0.39 is 0 Å². The maximum atomic E-state index is 5.47. The van der Waals surface area contributed by atoms with Crippen LogP contribution in [0.3, 0.4) is 0 Å². The normalized spacial score (nSPS) is 14.0. The van der Waals surface area contributed by atoms with E-state index in [2.05, 4.69) is 54.6 Å². The van der Waals surface area contributed by atoms with Crippen molar-refractivity contribution in [2.75, 3.05) is 31.2 Å². The molecule has 0 atom stereocenters. The number of hydrogen-bond donors (Lipinski definition) is 1. The summed E-state index contributed by atoms with van der Waals surface area (Å²) in [6, 6.07) is 14.5. The molecule has 5 nitrogen and oxygen atoms in total. The lowest BCUT2D eigenvalue weighted by Gasteiger charge is -2.26. The van der Waals surface area contributed by atoms with Gasteiger partial charge in [-0.25, -0.2) is 0 Å². The van der Waals surface area contributed by atoms with E-state index in [1.54, 1.807) is 0 Å². The van der Waals surface area contributed by atoms with Crippen molar-refractivity contribution >= 4 is 17.6 Å². The first-order valence-electron chi connectivity index (χ1n) is 8.88. The van der Waals surface area contributed by atoms with Crippen LogP contribution < -0.4 is 15.1 Å². The Balaban J connectivity index is 1.69. The molecule has 138 valence electrons. The number of benzene rings is 2. The smallest absolute Gasteiger partial charge is 0.189 e. The monoisotopic (exact) mass is 353 g/mol. The number of para-hydroxylation sites is 1. The Bertz CT molecular complexity index is 787. The van der Waals surface area contributed by atoms with Gasteiger partial charge in [-0.1, -0.05) is 32.0 Å². The van der Waals surface area contributed by atoms with Gasteiger partial charge in [0.25, 0.3) is 0 Å². The van der Waals surface area contributed by atoms with Gasteiger partial charge in [0.1, 0.15) is 5.75 Å². The minimum absolute atomic E-state index is 0.0124. The molecule has 1 heterocycles. The molecule has 0 amide bonds. The van der Waals surface area contributed by atoms with Crippen molar-refractivity contribution < 1.29 is 9.47 Å². The summed E-state index contributed by atoms with van der Waals surface area (Å²) in [7, 11) is 3.91. The third-order valence-electron chi connectivity index (χ3n) is 4.76. The second-order valence-corrected chi connectivity index (χ2v) is 7.11. The molecule has 0 fully saturated rings. The van der Waals surface area contributed by atoms with E-state index in [0.29, 0.717) is 13.4 Å². The molecule has 1 aliphatic rings. The fraction of sp³-hybridized carbons (Fsp3) is 0.381. The van der Waals surface area contributed by atoms with Crippen molar-refractivity contribution in [1.29, 1.82) is 0 Å². The summed E-state index contributed by atoms with van der Waals surface area (Å²) in [5.74, 6) is 0.891. The molecule has 2 aromatic rings. The van der Waals surface area contributed by atoms with Crippen molar-refractivity contribution in [2.24, 2.45) is 5.10 Å². The summed E-state index contributed by atoms with van der Waals surface area (Å²) in [4.78, 5) is 0. The van der Waals surface area contributed by atoms with E-state index in [0.717, 1.165) is 29.1 Å². The summed E-state index contributed by atoms with van der Waals surface area (Å²) in [5, 5.41) is 9.78. The molecule has 0 saturated carbocycles. The van der Waals surface area contributed by atoms with E-state index in [1.165, 1.54) is 5.56 Å². The van der Waals surface area contributed by atoms with Crippen LogP contribution in [0.2, 0.25) is 0 Å².